The molecule has 0 heterocycles. The van der Waals surface area contributed by atoms with Gasteiger partial charge in [-0.1, -0.05) is 13.8 Å². The van der Waals surface area contributed by atoms with E-state index < -0.39 is 11.9 Å². The number of hydrogen-bond donors (Lipinski definition) is 1. The smallest absolute Gasteiger partial charge is 0.338 e. The van der Waals surface area contributed by atoms with E-state index in [1.54, 1.807) is 12.1 Å². The summed E-state index contributed by atoms with van der Waals surface area (Å²) in [5.41, 5.74) is 7.98. The monoisotopic (exact) mass is 386 g/mol. The number of hydrogen-bond acceptors (Lipinski definition) is 6. The number of nitrogen functional groups attached to an aromatic ring is 1. The SMILES string of the molecule is CCN(CC)Cc1cc(C(=O)OCCOC(C)=O)cc(Br)c1N. The standard InChI is InChI=1S/C16H23BrN2O4/c1-4-19(5-2)10-13-8-12(9-14(17)15(13)18)16(21)23-7-6-22-11(3)20/h8-9H,4-7,10,18H2,1-3H3. The lowest BCUT2D eigenvalue weighted by molar-refractivity contribution is -0.142. The molecule has 0 fully saturated rings. The van der Waals surface area contributed by atoms with E-state index in [9.17, 15) is 9.59 Å². The van der Waals surface area contributed by atoms with Gasteiger partial charge in [-0.3, -0.25) is 9.69 Å². The van der Waals surface area contributed by atoms with E-state index in [1.807, 2.05) is 0 Å². The average Bonchev–Trinajstić information content (AvgIpc) is 2.52. The van der Waals surface area contributed by atoms with Crippen molar-refractivity contribution in [3.63, 3.8) is 0 Å². The highest BCUT2D eigenvalue weighted by molar-refractivity contribution is 9.10. The van der Waals surface area contributed by atoms with Gasteiger partial charge in [0.1, 0.15) is 13.2 Å². The lowest BCUT2D eigenvalue weighted by Gasteiger charge is -2.20. The van der Waals surface area contributed by atoms with Gasteiger partial charge in [-0.25, -0.2) is 4.79 Å². The second-order valence-electron chi connectivity index (χ2n) is 4.97. The summed E-state index contributed by atoms with van der Waals surface area (Å²) in [5.74, 6) is -0.878. The molecule has 0 spiro atoms. The number of anilines is 1. The van der Waals surface area contributed by atoms with Crippen molar-refractivity contribution in [2.45, 2.75) is 27.3 Å². The van der Waals surface area contributed by atoms with Crippen molar-refractivity contribution in [3.8, 4) is 0 Å². The van der Waals surface area contributed by atoms with Crippen molar-refractivity contribution in [3.05, 3.63) is 27.7 Å². The van der Waals surface area contributed by atoms with Gasteiger partial charge in [-0.05, 0) is 46.7 Å². The number of nitrogens with zero attached hydrogens (tertiary/aromatic N) is 1. The number of rotatable bonds is 8. The highest BCUT2D eigenvalue weighted by atomic mass is 79.9. The summed E-state index contributed by atoms with van der Waals surface area (Å²) in [7, 11) is 0. The number of ether oxygens (including phenoxy) is 2. The molecule has 0 aliphatic rings. The van der Waals surface area contributed by atoms with E-state index in [2.05, 4.69) is 34.7 Å². The number of carbonyl (C=O) groups excluding carboxylic acids is 2. The molecule has 0 unspecified atom stereocenters. The molecule has 2 N–H and O–H groups in total. The Morgan fingerprint density at radius 1 is 1.17 bits per heavy atom. The minimum Gasteiger partial charge on any atom is -0.462 e. The molecule has 1 rings (SSSR count). The van der Waals surface area contributed by atoms with Crippen LogP contribution in [0.1, 0.15) is 36.7 Å². The maximum atomic E-state index is 12.1. The van der Waals surface area contributed by atoms with Crippen molar-refractivity contribution in [2.24, 2.45) is 0 Å². The third-order valence-corrected chi connectivity index (χ3v) is 4.02. The van der Waals surface area contributed by atoms with E-state index >= 15 is 0 Å². The Hall–Kier alpha value is -1.60. The van der Waals surface area contributed by atoms with E-state index in [4.69, 9.17) is 15.2 Å². The number of nitrogens with two attached hydrogens (primary N) is 1. The molecule has 0 aliphatic carbocycles. The first kappa shape index (κ1) is 19.4. The molecule has 0 radical (unpaired) electrons. The Morgan fingerprint density at radius 3 is 2.35 bits per heavy atom. The summed E-state index contributed by atoms with van der Waals surface area (Å²) in [4.78, 5) is 25.0. The van der Waals surface area contributed by atoms with Crippen LogP contribution in [-0.4, -0.2) is 43.1 Å². The molecule has 128 valence electrons. The summed E-state index contributed by atoms with van der Waals surface area (Å²) in [6, 6.07) is 3.38. The van der Waals surface area contributed by atoms with Crippen LogP contribution in [0.15, 0.2) is 16.6 Å². The molecular weight excluding hydrogens is 364 g/mol. The molecule has 1 aromatic rings. The molecular formula is C16H23BrN2O4. The van der Waals surface area contributed by atoms with Crippen LogP contribution in [0.2, 0.25) is 0 Å². The van der Waals surface area contributed by atoms with Gasteiger partial charge in [-0.15, -0.1) is 0 Å². The van der Waals surface area contributed by atoms with E-state index in [-0.39, 0.29) is 13.2 Å². The summed E-state index contributed by atoms with van der Waals surface area (Å²) >= 11 is 3.38. The Labute approximate surface area is 145 Å². The van der Waals surface area contributed by atoms with Gasteiger partial charge < -0.3 is 15.2 Å². The largest absolute Gasteiger partial charge is 0.462 e. The first-order chi connectivity index (χ1) is 10.9. The van der Waals surface area contributed by atoms with Gasteiger partial charge >= 0.3 is 11.9 Å². The maximum Gasteiger partial charge on any atom is 0.338 e. The Morgan fingerprint density at radius 2 is 1.78 bits per heavy atom. The molecule has 1 aromatic carbocycles. The molecule has 6 nitrogen and oxygen atoms in total. The number of carbonyl (C=O) groups is 2. The Kier molecular flexibility index (Phi) is 8.05. The molecule has 0 amide bonds. The zero-order valence-electron chi connectivity index (χ0n) is 13.7. The fraction of sp³-hybridized carbons (Fsp3) is 0.500. The zero-order valence-corrected chi connectivity index (χ0v) is 15.3. The highest BCUT2D eigenvalue weighted by Gasteiger charge is 2.14. The van der Waals surface area contributed by atoms with Crippen LogP contribution in [0.3, 0.4) is 0 Å². The van der Waals surface area contributed by atoms with Gasteiger partial charge in [0.25, 0.3) is 0 Å². The molecule has 7 heteroatoms. The second kappa shape index (κ2) is 9.52. The van der Waals surface area contributed by atoms with Crippen LogP contribution in [-0.2, 0) is 20.8 Å². The summed E-state index contributed by atoms with van der Waals surface area (Å²) in [6.45, 7) is 7.96. The molecule has 0 aromatic heterocycles. The first-order valence-electron chi connectivity index (χ1n) is 7.49. The third kappa shape index (κ3) is 6.19. The fourth-order valence-electron chi connectivity index (χ4n) is 2.01. The van der Waals surface area contributed by atoms with Crippen molar-refractivity contribution < 1.29 is 19.1 Å². The van der Waals surface area contributed by atoms with Crippen LogP contribution in [0.4, 0.5) is 5.69 Å². The Balaban J connectivity index is 2.80. The number of halogens is 1. The van der Waals surface area contributed by atoms with Crippen molar-refractivity contribution in [2.75, 3.05) is 32.0 Å². The van der Waals surface area contributed by atoms with Gasteiger partial charge in [0, 0.05) is 17.9 Å². The van der Waals surface area contributed by atoms with Crippen LogP contribution < -0.4 is 5.73 Å². The fourth-order valence-corrected chi connectivity index (χ4v) is 2.52. The lowest BCUT2D eigenvalue weighted by Crippen LogP contribution is -2.23. The minimum absolute atomic E-state index is 0.0196. The van der Waals surface area contributed by atoms with Crippen molar-refractivity contribution in [1.29, 1.82) is 0 Å². The molecule has 0 saturated heterocycles. The van der Waals surface area contributed by atoms with Crippen molar-refractivity contribution >= 4 is 33.6 Å². The summed E-state index contributed by atoms with van der Waals surface area (Å²) < 4.78 is 10.5. The predicted molar refractivity (Wildman–Crippen MR) is 92.1 cm³/mol. The van der Waals surface area contributed by atoms with Gasteiger partial charge in [0.2, 0.25) is 0 Å². The number of esters is 2. The zero-order chi connectivity index (χ0) is 17.4. The molecule has 0 atom stereocenters. The molecule has 0 saturated carbocycles. The topological polar surface area (TPSA) is 81.9 Å². The Bertz CT molecular complexity index is 559. The third-order valence-electron chi connectivity index (χ3n) is 3.36. The summed E-state index contributed by atoms with van der Waals surface area (Å²) in [5, 5.41) is 0. The van der Waals surface area contributed by atoms with Crippen LogP contribution in [0.25, 0.3) is 0 Å². The second-order valence-corrected chi connectivity index (χ2v) is 5.82. The van der Waals surface area contributed by atoms with E-state index in [0.29, 0.717) is 22.3 Å². The van der Waals surface area contributed by atoms with Crippen LogP contribution >= 0.6 is 15.9 Å². The molecule has 23 heavy (non-hydrogen) atoms. The van der Waals surface area contributed by atoms with Gasteiger partial charge in [0.05, 0.1) is 11.3 Å². The highest BCUT2D eigenvalue weighted by Crippen LogP contribution is 2.27. The predicted octanol–water partition coefficient (Wildman–Crippen LogP) is 2.59. The first-order valence-corrected chi connectivity index (χ1v) is 8.29. The van der Waals surface area contributed by atoms with Crippen molar-refractivity contribution in [1.82, 2.24) is 4.90 Å². The van der Waals surface area contributed by atoms with Crippen LogP contribution in [0, 0.1) is 0 Å². The van der Waals surface area contributed by atoms with Crippen LogP contribution in [0.5, 0.6) is 0 Å². The number of benzene rings is 1. The average molecular weight is 387 g/mol. The minimum atomic E-state index is -0.473. The summed E-state index contributed by atoms with van der Waals surface area (Å²) in [6.07, 6.45) is 0. The normalized spacial score (nSPS) is 10.7. The van der Waals surface area contributed by atoms with Gasteiger partial charge in [-0.2, -0.15) is 0 Å². The molecule has 0 aliphatic heterocycles. The molecule has 0 bridgehead atoms. The maximum absolute atomic E-state index is 12.1. The lowest BCUT2D eigenvalue weighted by atomic mass is 10.1. The van der Waals surface area contributed by atoms with E-state index in [1.165, 1.54) is 6.92 Å². The van der Waals surface area contributed by atoms with E-state index in [0.717, 1.165) is 18.7 Å². The van der Waals surface area contributed by atoms with Gasteiger partial charge in [0.15, 0.2) is 0 Å². The quantitative estimate of drug-likeness (QED) is 0.420.